The van der Waals surface area contributed by atoms with E-state index in [9.17, 15) is 4.79 Å². The van der Waals surface area contributed by atoms with Crippen molar-refractivity contribution in [3.05, 3.63) is 29.8 Å². The third kappa shape index (κ3) is 3.36. The van der Waals surface area contributed by atoms with Gasteiger partial charge in [0.1, 0.15) is 11.5 Å². The highest BCUT2D eigenvalue weighted by molar-refractivity contribution is 5.92. The van der Waals surface area contributed by atoms with Gasteiger partial charge in [-0.1, -0.05) is 18.0 Å². The van der Waals surface area contributed by atoms with Gasteiger partial charge in [-0.15, -0.1) is 0 Å². The normalized spacial score (nSPS) is 15.1. The molecule has 0 aromatic carbocycles. The van der Waals surface area contributed by atoms with E-state index < -0.39 is 0 Å². The Morgan fingerprint density at radius 3 is 2.90 bits per heavy atom. The molecule has 2 aromatic heterocycles. The number of carbonyl (C=O) groups excluding carboxylic acids is 1. The predicted octanol–water partition coefficient (Wildman–Crippen LogP) is 2.19. The second-order valence-electron chi connectivity index (χ2n) is 5.17. The molecule has 0 aliphatic heterocycles. The van der Waals surface area contributed by atoms with E-state index >= 15 is 0 Å². The summed E-state index contributed by atoms with van der Waals surface area (Å²) in [6.07, 6.45) is 5.98. The van der Waals surface area contributed by atoms with Crippen molar-refractivity contribution in [3.8, 4) is 0 Å². The molecule has 21 heavy (non-hydrogen) atoms. The minimum atomic E-state index is -0.163. The van der Waals surface area contributed by atoms with Crippen LogP contribution in [-0.2, 0) is 0 Å². The second kappa shape index (κ2) is 5.90. The van der Waals surface area contributed by atoms with Gasteiger partial charge in [0.15, 0.2) is 5.82 Å². The Morgan fingerprint density at radius 2 is 2.19 bits per heavy atom. The monoisotopic (exact) mass is 287 g/mol. The number of nitrogens with zero attached hydrogens (tertiary/aromatic N) is 3. The van der Waals surface area contributed by atoms with Gasteiger partial charge in [-0.25, -0.2) is 9.97 Å². The molecule has 2 N–H and O–H groups in total. The molecule has 1 amide bonds. The lowest BCUT2D eigenvalue weighted by Gasteiger charge is -2.11. The number of nitrogens with one attached hydrogen (secondary N) is 2. The molecular weight excluding hydrogens is 270 g/mol. The van der Waals surface area contributed by atoms with Crippen LogP contribution in [0, 0.1) is 6.92 Å². The minimum Gasteiger partial charge on any atom is -0.360 e. The van der Waals surface area contributed by atoms with Crippen molar-refractivity contribution >= 4 is 17.7 Å². The van der Waals surface area contributed by atoms with Crippen molar-refractivity contribution < 1.29 is 9.32 Å². The van der Waals surface area contributed by atoms with Crippen molar-refractivity contribution in [2.75, 3.05) is 5.32 Å². The van der Waals surface area contributed by atoms with Crippen LogP contribution >= 0.6 is 0 Å². The van der Waals surface area contributed by atoms with E-state index in [1.807, 2.05) is 0 Å². The van der Waals surface area contributed by atoms with Gasteiger partial charge >= 0.3 is 0 Å². The van der Waals surface area contributed by atoms with Crippen LogP contribution in [0.5, 0.6) is 0 Å². The highest BCUT2D eigenvalue weighted by Gasteiger charge is 2.19. The molecule has 110 valence electrons. The lowest BCUT2D eigenvalue weighted by atomic mass is 10.2. The SMILES string of the molecule is Cc1cc(Nc2nccc(C(=O)NC3CCCC3)n2)no1. The van der Waals surface area contributed by atoms with E-state index in [1.54, 1.807) is 25.3 Å². The first-order chi connectivity index (χ1) is 10.2. The summed E-state index contributed by atoms with van der Waals surface area (Å²) in [7, 11) is 0. The Hall–Kier alpha value is -2.44. The van der Waals surface area contributed by atoms with Crippen molar-refractivity contribution in [2.45, 2.75) is 38.6 Å². The molecule has 2 aromatic rings. The highest BCUT2D eigenvalue weighted by Crippen LogP contribution is 2.18. The smallest absolute Gasteiger partial charge is 0.270 e. The van der Waals surface area contributed by atoms with Gasteiger partial charge in [0.2, 0.25) is 5.95 Å². The molecule has 3 rings (SSSR count). The van der Waals surface area contributed by atoms with Crippen LogP contribution in [0.15, 0.2) is 22.9 Å². The first kappa shape index (κ1) is 13.5. The number of amides is 1. The van der Waals surface area contributed by atoms with Crippen LogP contribution in [0.3, 0.4) is 0 Å². The number of hydrogen-bond donors (Lipinski definition) is 2. The van der Waals surface area contributed by atoms with Gasteiger partial charge in [0, 0.05) is 18.3 Å². The summed E-state index contributed by atoms with van der Waals surface area (Å²) in [6, 6.07) is 3.60. The van der Waals surface area contributed by atoms with Crippen molar-refractivity contribution in [2.24, 2.45) is 0 Å². The molecule has 7 heteroatoms. The Kier molecular flexibility index (Phi) is 3.81. The zero-order chi connectivity index (χ0) is 14.7. The fourth-order valence-corrected chi connectivity index (χ4v) is 2.41. The average molecular weight is 287 g/mol. The lowest BCUT2D eigenvalue weighted by Crippen LogP contribution is -2.33. The van der Waals surface area contributed by atoms with Gasteiger partial charge in [-0.3, -0.25) is 4.79 Å². The van der Waals surface area contributed by atoms with E-state index in [1.165, 1.54) is 12.8 Å². The molecule has 1 saturated carbocycles. The summed E-state index contributed by atoms with van der Waals surface area (Å²) < 4.78 is 4.96. The molecule has 7 nitrogen and oxygen atoms in total. The molecule has 0 saturated heterocycles. The number of anilines is 2. The molecule has 0 unspecified atom stereocenters. The standard InChI is InChI=1S/C14H17N5O2/c1-9-8-12(19-21-9)18-14-15-7-6-11(17-14)13(20)16-10-4-2-3-5-10/h6-8,10H,2-5H2,1H3,(H,16,20)(H,15,17,18,19). The zero-order valence-corrected chi connectivity index (χ0v) is 11.8. The number of rotatable bonds is 4. The van der Waals surface area contributed by atoms with Crippen molar-refractivity contribution in [3.63, 3.8) is 0 Å². The molecule has 1 aliphatic rings. The van der Waals surface area contributed by atoms with Crippen LogP contribution in [-0.4, -0.2) is 27.1 Å². The number of hydrogen-bond acceptors (Lipinski definition) is 6. The van der Waals surface area contributed by atoms with Crippen LogP contribution in [0.2, 0.25) is 0 Å². The fourth-order valence-electron chi connectivity index (χ4n) is 2.41. The fraction of sp³-hybridized carbons (Fsp3) is 0.429. The van der Waals surface area contributed by atoms with Crippen LogP contribution in [0.4, 0.5) is 11.8 Å². The third-order valence-electron chi connectivity index (χ3n) is 3.45. The summed E-state index contributed by atoms with van der Waals surface area (Å²) in [5.41, 5.74) is 0.347. The maximum Gasteiger partial charge on any atom is 0.270 e. The topological polar surface area (TPSA) is 92.9 Å². The second-order valence-corrected chi connectivity index (χ2v) is 5.17. The van der Waals surface area contributed by atoms with Crippen LogP contribution < -0.4 is 10.6 Å². The summed E-state index contributed by atoms with van der Waals surface area (Å²) >= 11 is 0. The van der Waals surface area contributed by atoms with Gasteiger partial charge in [-0.05, 0) is 25.8 Å². The average Bonchev–Trinajstić information content (AvgIpc) is 3.11. The number of aromatic nitrogens is 3. The molecule has 1 aliphatic carbocycles. The van der Waals surface area contributed by atoms with E-state index in [2.05, 4.69) is 25.8 Å². The molecule has 0 bridgehead atoms. The Morgan fingerprint density at radius 1 is 1.38 bits per heavy atom. The zero-order valence-electron chi connectivity index (χ0n) is 11.8. The molecule has 0 spiro atoms. The molecular formula is C14H17N5O2. The van der Waals surface area contributed by atoms with Crippen LogP contribution in [0.25, 0.3) is 0 Å². The van der Waals surface area contributed by atoms with Crippen molar-refractivity contribution in [1.29, 1.82) is 0 Å². The van der Waals surface area contributed by atoms with E-state index in [0.717, 1.165) is 12.8 Å². The Bertz CT molecular complexity index is 634. The third-order valence-corrected chi connectivity index (χ3v) is 3.45. The summed E-state index contributed by atoms with van der Waals surface area (Å²) in [6.45, 7) is 1.80. The quantitative estimate of drug-likeness (QED) is 0.895. The predicted molar refractivity (Wildman–Crippen MR) is 76.3 cm³/mol. The highest BCUT2D eigenvalue weighted by atomic mass is 16.5. The first-order valence-electron chi connectivity index (χ1n) is 7.05. The Labute approximate surface area is 122 Å². The first-order valence-corrected chi connectivity index (χ1v) is 7.05. The maximum absolute atomic E-state index is 12.1. The number of carbonyl (C=O) groups is 1. The maximum atomic E-state index is 12.1. The largest absolute Gasteiger partial charge is 0.360 e. The molecule has 0 radical (unpaired) electrons. The Balaban J connectivity index is 1.68. The van der Waals surface area contributed by atoms with Gasteiger partial charge in [0.25, 0.3) is 5.91 Å². The van der Waals surface area contributed by atoms with Crippen LogP contribution in [0.1, 0.15) is 41.9 Å². The van der Waals surface area contributed by atoms with Gasteiger partial charge < -0.3 is 15.2 Å². The van der Waals surface area contributed by atoms with Gasteiger partial charge in [0.05, 0.1) is 0 Å². The molecule has 1 fully saturated rings. The molecule has 0 atom stereocenters. The summed E-state index contributed by atoms with van der Waals surface area (Å²) in [5.74, 6) is 1.36. The summed E-state index contributed by atoms with van der Waals surface area (Å²) in [5, 5.41) is 9.71. The van der Waals surface area contributed by atoms with E-state index in [-0.39, 0.29) is 11.9 Å². The van der Waals surface area contributed by atoms with Gasteiger partial charge in [-0.2, -0.15) is 0 Å². The van der Waals surface area contributed by atoms with E-state index in [4.69, 9.17) is 4.52 Å². The minimum absolute atomic E-state index is 0.163. The van der Waals surface area contributed by atoms with E-state index in [0.29, 0.717) is 23.2 Å². The number of aryl methyl sites for hydroxylation is 1. The lowest BCUT2D eigenvalue weighted by molar-refractivity contribution is 0.0933. The molecule has 2 heterocycles. The van der Waals surface area contributed by atoms with Crippen molar-refractivity contribution in [1.82, 2.24) is 20.4 Å². The summed E-state index contributed by atoms with van der Waals surface area (Å²) in [4.78, 5) is 20.4.